The van der Waals surface area contributed by atoms with Crippen molar-refractivity contribution in [2.24, 2.45) is 0 Å². The Balaban J connectivity index is 1.98. The molecule has 0 saturated heterocycles. The molecule has 10 heteroatoms. The number of nitrogens with one attached hydrogen (secondary N) is 3. The van der Waals surface area contributed by atoms with Crippen molar-refractivity contribution >= 4 is 67.8 Å². The molecule has 5 nitrogen and oxygen atoms in total. The Hall–Kier alpha value is -1.09. The van der Waals surface area contributed by atoms with Gasteiger partial charge in [0.15, 0.2) is 5.11 Å². The summed E-state index contributed by atoms with van der Waals surface area (Å²) < 4.78 is 24.1. The first-order valence-electron chi connectivity index (χ1n) is 6.07. The van der Waals surface area contributed by atoms with Crippen LogP contribution in [0.25, 0.3) is 0 Å². The van der Waals surface area contributed by atoms with E-state index in [2.05, 4.69) is 15.6 Å². The van der Waals surface area contributed by atoms with E-state index >= 15 is 0 Å². The number of hydrogen-bond donors (Lipinski definition) is 3. The number of hydrazine groups is 1. The molecule has 0 aliphatic rings. The summed E-state index contributed by atoms with van der Waals surface area (Å²) in [4.78, 5) is 2.21. The lowest BCUT2D eigenvalue weighted by atomic mass is 10.3. The molecule has 0 aliphatic carbocycles. The van der Waals surface area contributed by atoms with E-state index in [0.717, 1.165) is 0 Å². The maximum Gasteiger partial charge on any atom is 0.257 e. The molecule has 0 bridgehead atoms. The fourth-order valence-electron chi connectivity index (χ4n) is 1.52. The van der Waals surface area contributed by atoms with Crippen molar-refractivity contribution in [2.45, 2.75) is 4.90 Å². The second kappa shape index (κ2) is 7.65. The third-order valence-electron chi connectivity index (χ3n) is 2.60. The normalized spacial score (nSPS) is 11.1. The average Bonchev–Trinajstić information content (AvgIpc) is 2.50. The second-order valence-electron chi connectivity index (χ2n) is 4.27. The molecule has 0 spiro atoms. The number of anilines is 1. The van der Waals surface area contributed by atoms with Crippen LogP contribution in [0, 0.1) is 0 Å². The van der Waals surface area contributed by atoms with Crippen LogP contribution in [0.5, 0.6) is 0 Å². The van der Waals surface area contributed by atoms with Gasteiger partial charge < -0.3 is 5.32 Å². The molecule has 0 unspecified atom stereocenters. The molecule has 3 N–H and O–H groups in total. The Kier molecular flexibility index (Phi) is 6.07. The van der Waals surface area contributed by atoms with E-state index in [1.165, 1.54) is 24.3 Å². The average molecular weight is 411 g/mol. The van der Waals surface area contributed by atoms with E-state index in [1.807, 2.05) is 0 Å². The van der Waals surface area contributed by atoms with Gasteiger partial charge >= 0.3 is 0 Å². The monoisotopic (exact) mass is 409 g/mol. The Morgan fingerprint density at radius 2 is 1.61 bits per heavy atom. The first kappa shape index (κ1) is 18.3. The highest BCUT2D eigenvalue weighted by Gasteiger charge is 2.14. The molecular weight excluding hydrogens is 401 g/mol. The highest BCUT2D eigenvalue weighted by atomic mass is 35.5. The van der Waals surface area contributed by atoms with E-state index in [-0.39, 0.29) is 10.0 Å². The van der Waals surface area contributed by atoms with Crippen LogP contribution < -0.4 is 15.6 Å². The molecule has 2 aromatic rings. The van der Waals surface area contributed by atoms with Gasteiger partial charge in [-0.3, -0.25) is 5.43 Å². The Bertz CT molecular complexity index is 827. The number of halogens is 3. The van der Waals surface area contributed by atoms with E-state index in [4.69, 9.17) is 47.0 Å². The SMILES string of the molecule is O=S(=O)(NNC(=S)Nc1ccc(Cl)c(Cl)c1)c1ccc(Cl)cc1. The minimum atomic E-state index is -3.77. The van der Waals surface area contributed by atoms with E-state index < -0.39 is 10.0 Å². The van der Waals surface area contributed by atoms with Gasteiger partial charge in [0, 0.05) is 10.7 Å². The summed E-state index contributed by atoms with van der Waals surface area (Å²) in [5.41, 5.74) is 2.95. The zero-order valence-electron chi connectivity index (χ0n) is 11.3. The molecule has 0 radical (unpaired) electrons. The zero-order valence-corrected chi connectivity index (χ0v) is 15.2. The van der Waals surface area contributed by atoms with Gasteiger partial charge in [-0.2, -0.15) is 0 Å². The van der Waals surface area contributed by atoms with E-state index in [0.29, 0.717) is 20.8 Å². The first-order chi connectivity index (χ1) is 10.8. The van der Waals surface area contributed by atoms with Crippen molar-refractivity contribution in [1.82, 2.24) is 10.3 Å². The van der Waals surface area contributed by atoms with Crippen LogP contribution in [0.15, 0.2) is 47.4 Å². The van der Waals surface area contributed by atoms with Gasteiger partial charge in [-0.25, -0.2) is 8.42 Å². The van der Waals surface area contributed by atoms with Crippen molar-refractivity contribution in [3.63, 3.8) is 0 Å². The van der Waals surface area contributed by atoms with Crippen molar-refractivity contribution in [2.75, 3.05) is 5.32 Å². The molecule has 122 valence electrons. The fraction of sp³-hybridized carbons (Fsp3) is 0. The first-order valence-corrected chi connectivity index (χ1v) is 9.10. The van der Waals surface area contributed by atoms with Crippen molar-refractivity contribution in [3.8, 4) is 0 Å². The molecule has 0 aromatic heterocycles. The number of benzene rings is 2. The molecular formula is C13H10Cl3N3O2S2. The third-order valence-corrected chi connectivity index (χ3v) is 5.06. The Morgan fingerprint density at radius 3 is 2.22 bits per heavy atom. The van der Waals surface area contributed by atoms with Crippen LogP contribution in [0.2, 0.25) is 15.1 Å². The molecule has 0 atom stereocenters. The lowest BCUT2D eigenvalue weighted by Crippen LogP contribution is -2.43. The number of rotatable bonds is 4. The van der Waals surface area contributed by atoms with Gasteiger partial charge in [0.2, 0.25) is 0 Å². The predicted molar refractivity (Wildman–Crippen MR) is 97.6 cm³/mol. The topological polar surface area (TPSA) is 70.2 Å². The summed E-state index contributed by atoms with van der Waals surface area (Å²) in [6, 6.07) is 10.5. The Labute approximate surface area is 154 Å². The van der Waals surface area contributed by atoms with Gasteiger partial charge in [-0.05, 0) is 54.7 Å². The predicted octanol–water partition coefficient (Wildman–Crippen LogP) is 3.83. The highest BCUT2D eigenvalue weighted by molar-refractivity contribution is 7.89. The Morgan fingerprint density at radius 1 is 0.957 bits per heavy atom. The van der Waals surface area contributed by atoms with Crippen LogP contribution in [-0.2, 0) is 10.0 Å². The maximum absolute atomic E-state index is 12.1. The van der Waals surface area contributed by atoms with E-state index in [9.17, 15) is 8.42 Å². The zero-order chi connectivity index (χ0) is 17.0. The van der Waals surface area contributed by atoms with Gasteiger partial charge in [0.05, 0.1) is 14.9 Å². The van der Waals surface area contributed by atoms with Gasteiger partial charge in [0.25, 0.3) is 10.0 Å². The number of sulfonamides is 1. The van der Waals surface area contributed by atoms with Crippen LogP contribution >= 0.6 is 47.0 Å². The number of hydrogen-bond acceptors (Lipinski definition) is 3. The quantitative estimate of drug-likeness (QED) is 0.528. The lowest BCUT2D eigenvalue weighted by Gasteiger charge is -2.12. The molecule has 0 amide bonds. The van der Waals surface area contributed by atoms with Crippen molar-refractivity contribution < 1.29 is 8.42 Å². The smallest absolute Gasteiger partial charge is 0.257 e. The molecule has 0 aliphatic heterocycles. The van der Waals surface area contributed by atoms with Crippen molar-refractivity contribution in [1.29, 1.82) is 0 Å². The summed E-state index contributed by atoms with van der Waals surface area (Å²) >= 11 is 22.4. The van der Waals surface area contributed by atoms with Gasteiger partial charge in [0.1, 0.15) is 0 Å². The van der Waals surface area contributed by atoms with Crippen LogP contribution in [0.4, 0.5) is 5.69 Å². The van der Waals surface area contributed by atoms with Gasteiger partial charge in [-0.15, -0.1) is 4.83 Å². The van der Waals surface area contributed by atoms with Crippen LogP contribution in [-0.4, -0.2) is 13.5 Å². The van der Waals surface area contributed by atoms with Gasteiger partial charge in [-0.1, -0.05) is 34.8 Å². The molecule has 0 heterocycles. The largest absolute Gasteiger partial charge is 0.332 e. The van der Waals surface area contributed by atoms with Crippen molar-refractivity contribution in [3.05, 3.63) is 57.5 Å². The molecule has 2 aromatic carbocycles. The fourth-order valence-corrected chi connectivity index (χ4v) is 3.03. The van der Waals surface area contributed by atoms with E-state index in [1.54, 1.807) is 18.2 Å². The molecule has 0 fully saturated rings. The molecule has 0 saturated carbocycles. The molecule has 2 rings (SSSR count). The third kappa shape index (κ3) is 5.20. The van der Waals surface area contributed by atoms with Crippen LogP contribution in [0.1, 0.15) is 0 Å². The summed E-state index contributed by atoms with van der Waals surface area (Å²) in [6.07, 6.45) is 0. The minimum absolute atomic E-state index is 0.0425. The second-order valence-corrected chi connectivity index (χ2v) is 7.61. The summed E-state index contributed by atoms with van der Waals surface area (Å²) in [7, 11) is -3.77. The standard InChI is InChI=1S/C13H10Cl3N3O2S2/c14-8-1-4-10(5-2-8)23(20,21)19-18-13(22)17-9-3-6-11(15)12(16)7-9/h1-7,19H,(H2,17,18,22). The molecule has 23 heavy (non-hydrogen) atoms. The summed E-state index contributed by atoms with van der Waals surface area (Å²) in [5.74, 6) is 0. The number of thiocarbonyl (C=S) groups is 1. The lowest BCUT2D eigenvalue weighted by molar-refractivity contribution is 0.578. The highest BCUT2D eigenvalue weighted by Crippen LogP contribution is 2.24. The summed E-state index contributed by atoms with van der Waals surface area (Å²) in [6.45, 7) is 0. The maximum atomic E-state index is 12.1. The van der Waals surface area contributed by atoms with Crippen LogP contribution in [0.3, 0.4) is 0 Å². The summed E-state index contributed by atoms with van der Waals surface area (Å²) in [5, 5.41) is 4.00. The minimum Gasteiger partial charge on any atom is -0.332 e.